The van der Waals surface area contributed by atoms with Gasteiger partial charge in [-0.1, -0.05) is 24.3 Å². The van der Waals surface area contributed by atoms with Crippen LogP contribution < -0.4 is 16.0 Å². The fourth-order valence-electron chi connectivity index (χ4n) is 4.97. The Balaban J connectivity index is 1.12. The van der Waals surface area contributed by atoms with Gasteiger partial charge in [0.2, 0.25) is 0 Å². The molecule has 3 aromatic rings. The number of pyridine rings is 1. The molecule has 7 nitrogen and oxygen atoms in total. The molecule has 3 aliphatic rings. The molecule has 4 N–H and O–H groups in total. The standard InChI is InChI=1S/C25H29N7/c1-3-20(26-11-1)24-29-14-22(31-24)17-7-5-16(6-8-17)19-10-9-18(13-28-19)23-15-30-25(32-23)21-4-2-12-27-21/h5-10,13,15,20-22,26-27H,1-4,11-12,14H2,(H,29,31)(H,30,32)/t20-,21-,22?/m0/s1. The first kappa shape index (κ1) is 19.6. The number of H-pyrrole nitrogens is 1. The lowest BCUT2D eigenvalue weighted by Gasteiger charge is -2.16. The van der Waals surface area contributed by atoms with Crippen molar-refractivity contribution < 1.29 is 0 Å². The number of nitrogens with one attached hydrogen (secondary N) is 4. The predicted octanol–water partition coefficient (Wildman–Crippen LogP) is 3.36. The quantitative estimate of drug-likeness (QED) is 0.501. The Bertz CT molecular complexity index is 1090. The van der Waals surface area contributed by atoms with Gasteiger partial charge in [0, 0.05) is 17.3 Å². The molecule has 1 unspecified atom stereocenters. The zero-order chi connectivity index (χ0) is 21.3. The van der Waals surface area contributed by atoms with Gasteiger partial charge in [0.15, 0.2) is 0 Å². The van der Waals surface area contributed by atoms with Gasteiger partial charge in [0.1, 0.15) is 11.7 Å². The lowest BCUT2D eigenvalue weighted by Crippen LogP contribution is -2.38. The zero-order valence-corrected chi connectivity index (χ0v) is 18.1. The molecule has 5 heterocycles. The maximum Gasteiger partial charge on any atom is 0.123 e. The first-order valence-corrected chi connectivity index (χ1v) is 11.7. The maximum atomic E-state index is 4.74. The van der Waals surface area contributed by atoms with Crippen LogP contribution in [-0.2, 0) is 0 Å². The van der Waals surface area contributed by atoms with Crippen molar-refractivity contribution in [2.45, 2.75) is 43.8 Å². The Morgan fingerprint density at radius 2 is 1.53 bits per heavy atom. The summed E-state index contributed by atoms with van der Waals surface area (Å²) in [6.45, 7) is 2.97. The second-order valence-electron chi connectivity index (χ2n) is 8.96. The minimum atomic E-state index is 0.265. The van der Waals surface area contributed by atoms with Crippen molar-refractivity contribution in [1.82, 2.24) is 30.9 Å². The Labute approximate surface area is 188 Å². The second kappa shape index (κ2) is 8.48. The molecular weight excluding hydrogens is 398 g/mol. The highest BCUT2D eigenvalue weighted by Gasteiger charge is 2.27. The molecule has 0 saturated carbocycles. The number of hydrogen-bond acceptors (Lipinski definition) is 6. The molecular formula is C25H29N7. The maximum absolute atomic E-state index is 4.74. The number of benzene rings is 1. The Hall–Kier alpha value is -3.03. The topological polar surface area (TPSA) is 90.0 Å². The van der Waals surface area contributed by atoms with Crippen LogP contribution in [0.1, 0.15) is 49.2 Å². The summed E-state index contributed by atoms with van der Waals surface area (Å²) in [6.07, 6.45) is 8.59. The van der Waals surface area contributed by atoms with E-state index >= 15 is 0 Å². The molecule has 3 atom stereocenters. The highest BCUT2D eigenvalue weighted by Crippen LogP contribution is 2.27. The molecule has 2 saturated heterocycles. The minimum absolute atomic E-state index is 0.265. The molecule has 0 bridgehead atoms. The molecule has 164 valence electrons. The molecule has 0 aliphatic carbocycles. The van der Waals surface area contributed by atoms with E-state index in [9.17, 15) is 0 Å². The molecule has 0 spiro atoms. The van der Waals surface area contributed by atoms with E-state index in [1.807, 2.05) is 12.4 Å². The third-order valence-electron chi connectivity index (χ3n) is 6.83. The number of amidine groups is 1. The van der Waals surface area contributed by atoms with E-state index in [0.717, 1.165) is 60.2 Å². The third-order valence-corrected chi connectivity index (χ3v) is 6.83. The van der Waals surface area contributed by atoms with Crippen LogP contribution in [0.15, 0.2) is 53.8 Å². The third kappa shape index (κ3) is 3.82. The predicted molar refractivity (Wildman–Crippen MR) is 126 cm³/mol. The fourth-order valence-corrected chi connectivity index (χ4v) is 4.97. The minimum Gasteiger partial charge on any atom is -0.364 e. The van der Waals surface area contributed by atoms with Crippen molar-refractivity contribution in [2.75, 3.05) is 19.6 Å². The highest BCUT2D eigenvalue weighted by atomic mass is 15.2. The largest absolute Gasteiger partial charge is 0.364 e. The number of rotatable bonds is 5. The number of nitrogens with zero attached hydrogens (tertiary/aromatic N) is 3. The van der Waals surface area contributed by atoms with Gasteiger partial charge in [-0.3, -0.25) is 9.98 Å². The second-order valence-corrected chi connectivity index (χ2v) is 8.96. The van der Waals surface area contributed by atoms with Crippen molar-refractivity contribution >= 4 is 5.84 Å². The van der Waals surface area contributed by atoms with E-state index in [4.69, 9.17) is 9.98 Å². The Kier molecular flexibility index (Phi) is 5.21. The van der Waals surface area contributed by atoms with Crippen LogP contribution in [0.5, 0.6) is 0 Å². The van der Waals surface area contributed by atoms with E-state index < -0.39 is 0 Å². The van der Waals surface area contributed by atoms with Crippen LogP contribution in [0.25, 0.3) is 22.5 Å². The average Bonchev–Trinajstić information content (AvgIpc) is 3.66. The van der Waals surface area contributed by atoms with Crippen molar-refractivity contribution in [2.24, 2.45) is 4.99 Å². The van der Waals surface area contributed by atoms with Gasteiger partial charge in [-0.15, -0.1) is 0 Å². The van der Waals surface area contributed by atoms with Gasteiger partial charge in [0.05, 0.1) is 42.3 Å². The number of imidazole rings is 1. The monoisotopic (exact) mass is 427 g/mol. The van der Waals surface area contributed by atoms with Gasteiger partial charge < -0.3 is 20.9 Å². The molecule has 32 heavy (non-hydrogen) atoms. The number of hydrogen-bond donors (Lipinski definition) is 4. The normalized spacial score (nSPS) is 25.1. The van der Waals surface area contributed by atoms with Crippen molar-refractivity contribution in [1.29, 1.82) is 0 Å². The fraction of sp³-hybridized carbons (Fsp3) is 0.400. The molecule has 2 fully saturated rings. The lowest BCUT2D eigenvalue weighted by atomic mass is 10.0. The Morgan fingerprint density at radius 1 is 0.750 bits per heavy atom. The Morgan fingerprint density at radius 3 is 2.25 bits per heavy atom. The lowest BCUT2D eigenvalue weighted by molar-refractivity contribution is 0.613. The van der Waals surface area contributed by atoms with E-state index in [1.165, 1.54) is 24.8 Å². The van der Waals surface area contributed by atoms with Crippen LogP contribution in [0.2, 0.25) is 0 Å². The molecule has 0 amide bonds. The first-order chi connectivity index (χ1) is 15.8. The summed E-state index contributed by atoms with van der Waals surface area (Å²) in [5.41, 5.74) is 5.44. The van der Waals surface area contributed by atoms with Crippen molar-refractivity contribution in [3.05, 3.63) is 60.2 Å². The molecule has 1 aromatic carbocycles. The summed E-state index contributed by atoms with van der Waals surface area (Å²) >= 11 is 0. The number of aliphatic imine (C=N–C) groups is 1. The van der Waals surface area contributed by atoms with Gasteiger partial charge >= 0.3 is 0 Å². The smallest absolute Gasteiger partial charge is 0.123 e. The van der Waals surface area contributed by atoms with Crippen LogP contribution in [0.3, 0.4) is 0 Å². The molecule has 6 rings (SSSR count). The molecule has 7 heteroatoms. The van der Waals surface area contributed by atoms with Crippen LogP contribution in [-0.4, -0.2) is 46.5 Å². The SMILES string of the molecule is c1cc(C2CN=C([C@@H]3CCCN3)N2)ccc1-c1ccc(-c2cnc([C@@H]3CCCN3)[nH]2)cn1. The zero-order valence-electron chi connectivity index (χ0n) is 18.1. The molecule has 2 aromatic heterocycles. The molecule has 3 aliphatic heterocycles. The van der Waals surface area contributed by atoms with Gasteiger partial charge in [-0.25, -0.2) is 4.98 Å². The van der Waals surface area contributed by atoms with Crippen molar-refractivity contribution in [3.8, 4) is 22.5 Å². The summed E-state index contributed by atoms with van der Waals surface area (Å²) in [5, 5.41) is 10.6. The number of aromatic amines is 1. The van der Waals surface area contributed by atoms with E-state index in [1.54, 1.807) is 0 Å². The summed E-state index contributed by atoms with van der Waals surface area (Å²) in [4.78, 5) is 17.5. The van der Waals surface area contributed by atoms with Crippen LogP contribution in [0.4, 0.5) is 0 Å². The summed E-state index contributed by atoms with van der Waals surface area (Å²) in [5.74, 6) is 2.15. The van der Waals surface area contributed by atoms with Crippen LogP contribution >= 0.6 is 0 Å². The van der Waals surface area contributed by atoms with E-state index in [0.29, 0.717) is 12.1 Å². The van der Waals surface area contributed by atoms with E-state index in [2.05, 4.69) is 62.3 Å². The average molecular weight is 428 g/mol. The summed E-state index contributed by atoms with van der Waals surface area (Å²) < 4.78 is 0. The summed E-state index contributed by atoms with van der Waals surface area (Å²) in [6, 6.07) is 13.9. The van der Waals surface area contributed by atoms with Gasteiger partial charge in [0.25, 0.3) is 0 Å². The molecule has 0 radical (unpaired) electrons. The summed E-state index contributed by atoms with van der Waals surface area (Å²) in [7, 11) is 0. The first-order valence-electron chi connectivity index (χ1n) is 11.7. The number of aromatic nitrogens is 3. The van der Waals surface area contributed by atoms with Crippen molar-refractivity contribution in [3.63, 3.8) is 0 Å². The van der Waals surface area contributed by atoms with Gasteiger partial charge in [-0.05, 0) is 56.5 Å². The van der Waals surface area contributed by atoms with Crippen LogP contribution in [0, 0.1) is 0 Å². The van der Waals surface area contributed by atoms with E-state index in [-0.39, 0.29) is 6.04 Å². The highest BCUT2D eigenvalue weighted by molar-refractivity contribution is 5.89. The van der Waals surface area contributed by atoms with Gasteiger partial charge in [-0.2, -0.15) is 0 Å².